The first-order valence-electron chi connectivity index (χ1n) is 4.20. The van der Waals surface area contributed by atoms with Crippen molar-refractivity contribution in [2.45, 2.75) is 38.1 Å². The van der Waals surface area contributed by atoms with E-state index in [-0.39, 0.29) is 12.4 Å². The van der Waals surface area contributed by atoms with Gasteiger partial charge in [0, 0.05) is 6.04 Å². The molecule has 1 N–H and O–H groups in total. The van der Waals surface area contributed by atoms with E-state index < -0.39 is 0 Å². The second kappa shape index (κ2) is 3.59. The van der Waals surface area contributed by atoms with Crippen LogP contribution in [0.2, 0.25) is 0 Å². The van der Waals surface area contributed by atoms with Gasteiger partial charge in [-0.3, -0.25) is 0 Å². The molecule has 10 heavy (non-hydrogen) atoms. The van der Waals surface area contributed by atoms with E-state index >= 15 is 0 Å². The van der Waals surface area contributed by atoms with Crippen LogP contribution in [0.25, 0.3) is 0 Å². The fourth-order valence-corrected chi connectivity index (χ4v) is 1.78. The molecule has 0 aromatic carbocycles. The minimum absolute atomic E-state index is 0. The minimum Gasteiger partial charge on any atom is -0.314 e. The predicted molar refractivity (Wildman–Crippen MR) is 45.6 cm³/mol. The maximum atomic E-state index is 3.58. The molecule has 1 atom stereocenters. The van der Waals surface area contributed by atoms with Crippen molar-refractivity contribution in [2.75, 3.05) is 6.54 Å². The van der Waals surface area contributed by atoms with Crippen LogP contribution in [0.15, 0.2) is 0 Å². The second-order valence-electron chi connectivity index (χ2n) is 3.39. The van der Waals surface area contributed by atoms with E-state index in [1.807, 2.05) is 0 Å². The molecular formula is C8H16ClN. The molecule has 0 aromatic heterocycles. The Balaban J connectivity index is 0.000000500. The van der Waals surface area contributed by atoms with E-state index in [1.54, 1.807) is 0 Å². The van der Waals surface area contributed by atoms with E-state index in [9.17, 15) is 0 Å². The lowest BCUT2D eigenvalue weighted by molar-refractivity contribution is 0.368. The molecule has 0 amide bonds. The number of rotatable bonds is 1. The molecule has 0 bridgehead atoms. The van der Waals surface area contributed by atoms with Crippen molar-refractivity contribution in [3.05, 3.63) is 0 Å². The molecule has 0 radical (unpaired) electrons. The van der Waals surface area contributed by atoms with Crippen molar-refractivity contribution in [1.29, 1.82) is 0 Å². The summed E-state index contributed by atoms with van der Waals surface area (Å²) >= 11 is 0. The maximum absolute atomic E-state index is 3.58. The first kappa shape index (κ1) is 8.35. The third-order valence-electron chi connectivity index (χ3n) is 2.54. The molecule has 60 valence electrons. The van der Waals surface area contributed by atoms with Crippen LogP contribution in [-0.2, 0) is 0 Å². The van der Waals surface area contributed by atoms with Gasteiger partial charge in [0.05, 0.1) is 0 Å². The van der Waals surface area contributed by atoms with Gasteiger partial charge >= 0.3 is 0 Å². The molecule has 0 aromatic rings. The van der Waals surface area contributed by atoms with E-state index in [0.29, 0.717) is 0 Å². The van der Waals surface area contributed by atoms with Crippen LogP contribution in [0.4, 0.5) is 0 Å². The third-order valence-corrected chi connectivity index (χ3v) is 2.54. The fraction of sp³-hybridized carbons (Fsp3) is 1.00. The number of halogens is 1. The summed E-state index contributed by atoms with van der Waals surface area (Å²) in [7, 11) is 0. The Hall–Kier alpha value is 0.250. The number of nitrogens with one attached hydrogen (secondary N) is 1. The highest BCUT2D eigenvalue weighted by molar-refractivity contribution is 5.85. The SMILES string of the molecule is C1CC[C@@H](C2CC2)NC1.Cl. The molecule has 2 rings (SSSR count). The van der Waals surface area contributed by atoms with Crippen LogP contribution in [-0.4, -0.2) is 12.6 Å². The normalized spacial score (nSPS) is 33.0. The number of piperidine rings is 1. The highest BCUT2D eigenvalue weighted by Crippen LogP contribution is 2.35. The standard InChI is InChI=1S/C8H15N.ClH/c1-2-6-9-8(3-1)7-4-5-7;/h7-9H,1-6H2;1H/t8-;/m0./s1. The average Bonchev–Trinajstić information content (AvgIpc) is 2.71. The smallest absolute Gasteiger partial charge is 0.00953 e. The Bertz CT molecular complexity index is 95.4. The van der Waals surface area contributed by atoms with E-state index in [4.69, 9.17) is 0 Å². The molecular weight excluding hydrogens is 146 g/mol. The molecule has 1 aliphatic carbocycles. The van der Waals surface area contributed by atoms with Gasteiger partial charge in [0.2, 0.25) is 0 Å². The molecule has 1 saturated heterocycles. The van der Waals surface area contributed by atoms with Gasteiger partial charge in [-0.1, -0.05) is 6.42 Å². The predicted octanol–water partition coefficient (Wildman–Crippen LogP) is 1.96. The van der Waals surface area contributed by atoms with Gasteiger partial charge in [0.1, 0.15) is 0 Å². The Morgan fingerprint density at radius 2 is 1.80 bits per heavy atom. The zero-order valence-corrected chi connectivity index (χ0v) is 7.12. The Morgan fingerprint density at radius 3 is 2.30 bits per heavy atom. The van der Waals surface area contributed by atoms with E-state index in [2.05, 4.69) is 5.32 Å². The minimum atomic E-state index is 0. The Kier molecular flexibility index (Phi) is 2.99. The van der Waals surface area contributed by atoms with Crippen molar-refractivity contribution in [3.63, 3.8) is 0 Å². The summed E-state index contributed by atoms with van der Waals surface area (Å²) in [6.07, 6.45) is 7.32. The largest absolute Gasteiger partial charge is 0.314 e. The fourth-order valence-electron chi connectivity index (χ4n) is 1.78. The summed E-state index contributed by atoms with van der Waals surface area (Å²) in [4.78, 5) is 0. The van der Waals surface area contributed by atoms with Crippen molar-refractivity contribution in [3.8, 4) is 0 Å². The molecule has 0 unspecified atom stereocenters. The first-order chi connectivity index (χ1) is 4.47. The molecule has 2 aliphatic rings. The highest BCUT2D eigenvalue weighted by Gasteiger charge is 2.31. The first-order valence-corrected chi connectivity index (χ1v) is 4.20. The lowest BCUT2D eigenvalue weighted by atomic mass is 10.0. The van der Waals surface area contributed by atoms with Gasteiger partial charge in [0.15, 0.2) is 0 Å². The highest BCUT2D eigenvalue weighted by atomic mass is 35.5. The molecule has 1 saturated carbocycles. The summed E-state index contributed by atoms with van der Waals surface area (Å²) < 4.78 is 0. The van der Waals surface area contributed by atoms with Gasteiger partial charge in [-0.2, -0.15) is 0 Å². The van der Waals surface area contributed by atoms with Crippen LogP contribution in [0.5, 0.6) is 0 Å². The van der Waals surface area contributed by atoms with Gasteiger partial charge in [0.25, 0.3) is 0 Å². The van der Waals surface area contributed by atoms with Crippen LogP contribution >= 0.6 is 12.4 Å². The average molecular weight is 162 g/mol. The van der Waals surface area contributed by atoms with Crippen LogP contribution in [0.3, 0.4) is 0 Å². The topological polar surface area (TPSA) is 12.0 Å². The summed E-state index contributed by atoms with van der Waals surface area (Å²) in [6, 6.07) is 0.916. The van der Waals surface area contributed by atoms with Crippen molar-refractivity contribution >= 4 is 12.4 Å². The zero-order chi connectivity index (χ0) is 6.10. The van der Waals surface area contributed by atoms with Crippen molar-refractivity contribution in [1.82, 2.24) is 5.32 Å². The summed E-state index contributed by atoms with van der Waals surface area (Å²) in [6.45, 7) is 1.28. The summed E-state index contributed by atoms with van der Waals surface area (Å²) in [5.74, 6) is 1.07. The molecule has 1 heterocycles. The lowest BCUT2D eigenvalue weighted by Gasteiger charge is -2.22. The molecule has 2 heteroatoms. The molecule has 1 aliphatic heterocycles. The summed E-state index contributed by atoms with van der Waals surface area (Å²) in [5.41, 5.74) is 0. The zero-order valence-electron chi connectivity index (χ0n) is 6.31. The number of hydrogen-bond acceptors (Lipinski definition) is 1. The van der Waals surface area contributed by atoms with Crippen LogP contribution in [0, 0.1) is 5.92 Å². The second-order valence-corrected chi connectivity index (χ2v) is 3.39. The Labute approximate surface area is 69.0 Å². The van der Waals surface area contributed by atoms with Gasteiger partial charge in [-0.05, 0) is 38.1 Å². The van der Waals surface area contributed by atoms with Crippen molar-refractivity contribution < 1.29 is 0 Å². The summed E-state index contributed by atoms with van der Waals surface area (Å²) in [5, 5.41) is 3.58. The van der Waals surface area contributed by atoms with Gasteiger partial charge in [-0.25, -0.2) is 0 Å². The van der Waals surface area contributed by atoms with Gasteiger partial charge in [-0.15, -0.1) is 12.4 Å². The Morgan fingerprint density at radius 1 is 1.00 bits per heavy atom. The molecule has 2 fully saturated rings. The maximum Gasteiger partial charge on any atom is 0.00953 e. The quantitative estimate of drug-likeness (QED) is 0.620. The van der Waals surface area contributed by atoms with Crippen LogP contribution in [0.1, 0.15) is 32.1 Å². The van der Waals surface area contributed by atoms with E-state index in [0.717, 1.165) is 12.0 Å². The lowest BCUT2D eigenvalue weighted by Crippen LogP contribution is -2.35. The van der Waals surface area contributed by atoms with Crippen LogP contribution < -0.4 is 5.32 Å². The third kappa shape index (κ3) is 1.86. The monoisotopic (exact) mass is 161 g/mol. The molecule has 1 nitrogen and oxygen atoms in total. The van der Waals surface area contributed by atoms with Crippen molar-refractivity contribution in [2.24, 2.45) is 5.92 Å². The molecule has 0 spiro atoms. The van der Waals surface area contributed by atoms with E-state index in [1.165, 1.54) is 38.6 Å². The van der Waals surface area contributed by atoms with Gasteiger partial charge < -0.3 is 5.32 Å². The number of hydrogen-bond donors (Lipinski definition) is 1.